The quantitative estimate of drug-likeness (QED) is 0.772. The molecule has 5 nitrogen and oxygen atoms in total. The Morgan fingerprint density at radius 3 is 2.23 bits per heavy atom. The summed E-state index contributed by atoms with van der Waals surface area (Å²) in [5.41, 5.74) is 2.78. The summed E-state index contributed by atoms with van der Waals surface area (Å²) in [4.78, 5) is 12.2. The van der Waals surface area contributed by atoms with Gasteiger partial charge in [-0.2, -0.15) is 0 Å². The van der Waals surface area contributed by atoms with E-state index in [2.05, 4.69) is 50.4 Å². The topological polar surface area (TPSA) is 66.5 Å². The van der Waals surface area contributed by atoms with Gasteiger partial charge in [-0.1, -0.05) is 45.0 Å². The maximum atomic E-state index is 12.2. The monoisotopic (exact) mass is 380 g/mol. The molecule has 0 spiro atoms. The molecule has 1 fully saturated rings. The Bertz CT molecular complexity index is 698. The summed E-state index contributed by atoms with van der Waals surface area (Å²) >= 11 is 0. The van der Waals surface area contributed by atoms with Crippen molar-refractivity contribution >= 4 is 15.9 Å². The molecule has 1 aromatic carbocycles. The van der Waals surface area contributed by atoms with Gasteiger partial charge in [0.25, 0.3) is 0 Å². The van der Waals surface area contributed by atoms with E-state index in [-0.39, 0.29) is 17.2 Å². The molecule has 0 saturated carbocycles. The summed E-state index contributed by atoms with van der Waals surface area (Å²) in [6.07, 6.45) is 4.28. The van der Waals surface area contributed by atoms with Crippen molar-refractivity contribution in [3.05, 3.63) is 35.4 Å². The van der Waals surface area contributed by atoms with E-state index in [1.165, 1.54) is 21.7 Å². The van der Waals surface area contributed by atoms with Gasteiger partial charge in [-0.25, -0.2) is 12.7 Å². The molecular weight excluding hydrogens is 348 g/mol. The number of nitrogens with zero attached hydrogens (tertiary/aromatic N) is 1. The fraction of sp³-hybridized carbons (Fsp3) is 0.650. The van der Waals surface area contributed by atoms with Gasteiger partial charge >= 0.3 is 0 Å². The Balaban J connectivity index is 1.69. The number of carbonyl (C=O) groups excluding carboxylic acids is 1. The zero-order chi connectivity index (χ0) is 19.4. The smallest absolute Gasteiger partial charge is 0.223 e. The maximum absolute atomic E-state index is 12.2. The molecule has 1 aliphatic rings. The summed E-state index contributed by atoms with van der Waals surface area (Å²) in [7, 11) is -3.14. The van der Waals surface area contributed by atoms with Crippen molar-refractivity contribution in [3.63, 3.8) is 0 Å². The van der Waals surface area contributed by atoms with E-state index in [9.17, 15) is 13.2 Å². The molecule has 0 atom stereocenters. The van der Waals surface area contributed by atoms with Crippen LogP contribution in [-0.2, 0) is 26.7 Å². The van der Waals surface area contributed by atoms with E-state index in [4.69, 9.17) is 0 Å². The number of sulfonamides is 1. The summed E-state index contributed by atoms with van der Waals surface area (Å²) in [6, 6.07) is 8.71. The Hall–Kier alpha value is -1.40. The predicted octanol–water partition coefficient (Wildman–Crippen LogP) is 2.70. The third-order valence-corrected chi connectivity index (χ3v) is 6.36. The Morgan fingerprint density at radius 1 is 1.15 bits per heavy atom. The number of hydrogen-bond donors (Lipinski definition) is 1. The molecule has 0 unspecified atom stereocenters. The van der Waals surface area contributed by atoms with Crippen molar-refractivity contribution in [3.8, 4) is 0 Å². The van der Waals surface area contributed by atoms with Crippen molar-refractivity contribution in [2.45, 2.75) is 51.9 Å². The van der Waals surface area contributed by atoms with Crippen LogP contribution in [0.4, 0.5) is 0 Å². The standard InChI is InChI=1S/C20H32N2O3S/c1-20(2,3)18-9-7-16(8-10-18)6-5-13-21-19(23)17-11-14-22(15-12-17)26(4,24)25/h7-10,17H,5-6,11-15H2,1-4H3,(H,21,23). The van der Waals surface area contributed by atoms with Gasteiger partial charge in [-0.05, 0) is 42.2 Å². The second-order valence-corrected chi connectivity index (χ2v) is 10.3. The third kappa shape index (κ3) is 6.09. The molecule has 1 N–H and O–H groups in total. The lowest BCUT2D eigenvalue weighted by Crippen LogP contribution is -2.42. The maximum Gasteiger partial charge on any atom is 0.223 e. The van der Waals surface area contributed by atoms with Crippen molar-refractivity contribution in [2.75, 3.05) is 25.9 Å². The second kappa shape index (κ2) is 8.53. The molecule has 6 heteroatoms. The zero-order valence-electron chi connectivity index (χ0n) is 16.4. The largest absolute Gasteiger partial charge is 0.356 e. The van der Waals surface area contributed by atoms with Crippen LogP contribution in [0.25, 0.3) is 0 Å². The lowest BCUT2D eigenvalue weighted by atomic mass is 9.86. The zero-order valence-corrected chi connectivity index (χ0v) is 17.2. The van der Waals surface area contributed by atoms with Crippen LogP contribution in [0.3, 0.4) is 0 Å². The minimum absolute atomic E-state index is 0.0567. The number of nitrogens with one attached hydrogen (secondary N) is 1. The van der Waals surface area contributed by atoms with Crippen LogP contribution in [-0.4, -0.2) is 44.5 Å². The first kappa shape index (κ1) is 20.9. The number of aryl methyl sites for hydroxylation is 1. The Labute approximate surface area is 158 Å². The number of benzene rings is 1. The molecule has 0 aromatic heterocycles. The van der Waals surface area contributed by atoms with Gasteiger partial charge in [0.15, 0.2) is 0 Å². The lowest BCUT2D eigenvalue weighted by Gasteiger charge is -2.29. The highest BCUT2D eigenvalue weighted by Gasteiger charge is 2.28. The summed E-state index contributed by atoms with van der Waals surface area (Å²) < 4.78 is 24.5. The molecule has 0 aliphatic carbocycles. The molecule has 0 bridgehead atoms. The number of piperidine rings is 1. The van der Waals surface area contributed by atoms with Crippen LogP contribution in [0.1, 0.15) is 51.2 Å². The van der Waals surface area contributed by atoms with E-state index >= 15 is 0 Å². The molecule has 2 rings (SSSR count). The third-order valence-electron chi connectivity index (χ3n) is 5.06. The summed E-state index contributed by atoms with van der Waals surface area (Å²) in [6.45, 7) is 8.16. The van der Waals surface area contributed by atoms with Gasteiger partial charge in [-0.15, -0.1) is 0 Å². The van der Waals surface area contributed by atoms with Gasteiger partial charge in [0, 0.05) is 25.6 Å². The number of hydrogen-bond acceptors (Lipinski definition) is 3. The van der Waals surface area contributed by atoms with Crippen LogP contribution in [0, 0.1) is 5.92 Å². The molecule has 1 aliphatic heterocycles. The van der Waals surface area contributed by atoms with Gasteiger partial charge in [0.05, 0.1) is 6.26 Å². The van der Waals surface area contributed by atoms with E-state index in [1.54, 1.807) is 0 Å². The highest BCUT2D eigenvalue weighted by Crippen LogP contribution is 2.22. The fourth-order valence-corrected chi connectivity index (χ4v) is 4.14. The summed E-state index contributed by atoms with van der Waals surface area (Å²) in [5.74, 6) is -0.0136. The lowest BCUT2D eigenvalue weighted by molar-refractivity contribution is -0.126. The average Bonchev–Trinajstić information content (AvgIpc) is 2.57. The second-order valence-electron chi connectivity index (χ2n) is 8.28. The molecule has 0 radical (unpaired) electrons. The SMILES string of the molecule is CC(C)(C)c1ccc(CCCNC(=O)C2CCN(S(C)(=O)=O)CC2)cc1. The van der Waals surface area contributed by atoms with E-state index in [1.807, 2.05) is 0 Å². The minimum atomic E-state index is -3.14. The van der Waals surface area contributed by atoms with Crippen LogP contribution >= 0.6 is 0 Å². The molecule has 1 saturated heterocycles. The molecule has 146 valence electrons. The van der Waals surface area contributed by atoms with Crippen LogP contribution in [0.15, 0.2) is 24.3 Å². The summed E-state index contributed by atoms with van der Waals surface area (Å²) in [5, 5.41) is 3.00. The number of rotatable bonds is 6. The predicted molar refractivity (Wildman–Crippen MR) is 106 cm³/mol. The van der Waals surface area contributed by atoms with Crippen molar-refractivity contribution < 1.29 is 13.2 Å². The van der Waals surface area contributed by atoms with E-state index in [0.717, 1.165) is 12.8 Å². The normalized spacial score (nSPS) is 17.2. The van der Waals surface area contributed by atoms with Crippen LogP contribution in [0.2, 0.25) is 0 Å². The van der Waals surface area contributed by atoms with Crippen LogP contribution in [0.5, 0.6) is 0 Å². The average molecular weight is 381 g/mol. The van der Waals surface area contributed by atoms with Crippen molar-refractivity contribution in [1.29, 1.82) is 0 Å². The van der Waals surface area contributed by atoms with Crippen LogP contribution < -0.4 is 5.32 Å². The van der Waals surface area contributed by atoms with E-state index in [0.29, 0.717) is 32.5 Å². The molecule has 1 heterocycles. The van der Waals surface area contributed by atoms with Gasteiger partial charge < -0.3 is 5.32 Å². The minimum Gasteiger partial charge on any atom is -0.356 e. The number of amides is 1. The first-order chi connectivity index (χ1) is 12.1. The Kier molecular flexibility index (Phi) is 6.86. The van der Waals surface area contributed by atoms with Crippen molar-refractivity contribution in [1.82, 2.24) is 9.62 Å². The highest BCUT2D eigenvalue weighted by molar-refractivity contribution is 7.88. The molecule has 26 heavy (non-hydrogen) atoms. The first-order valence-electron chi connectivity index (χ1n) is 9.39. The van der Waals surface area contributed by atoms with Gasteiger partial charge in [0.2, 0.25) is 15.9 Å². The van der Waals surface area contributed by atoms with Gasteiger partial charge in [0.1, 0.15) is 0 Å². The molecule has 1 amide bonds. The first-order valence-corrected chi connectivity index (χ1v) is 11.2. The van der Waals surface area contributed by atoms with E-state index < -0.39 is 10.0 Å². The van der Waals surface area contributed by atoms with Gasteiger partial charge in [-0.3, -0.25) is 4.79 Å². The molecule has 1 aromatic rings. The highest BCUT2D eigenvalue weighted by atomic mass is 32.2. The fourth-order valence-electron chi connectivity index (χ4n) is 3.27. The number of carbonyl (C=O) groups is 1. The molecular formula is C20H32N2O3S. The Morgan fingerprint density at radius 2 is 1.73 bits per heavy atom. The van der Waals surface area contributed by atoms with Crippen molar-refractivity contribution in [2.24, 2.45) is 5.92 Å².